The predicted molar refractivity (Wildman–Crippen MR) is 96.9 cm³/mol. The van der Waals surface area contributed by atoms with Crippen molar-refractivity contribution >= 4 is 18.6 Å². The van der Waals surface area contributed by atoms with Gasteiger partial charge in [-0.3, -0.25) is 0 Å². The van der Waals surface area contributed by atoms with Gasteiger partial charge >= 0.3 is 13.1 Å². The summed E-state index contributed by atoms with van der Waals surface area (Å²) >= 11 is 0. The lowest BCUT2D eigenvalue weighted by atomic mass is 9.79. The van der Waals surface area contributed by atoms with Gasteiger partial charge in [-0.2, -0.15) is 0 Å². The molecule has 1 aromatic heterocycles. The van der Waals surface area contributed by atoms with E-state index in [9.17, 15) is 4.79 Å². The van der Waals surface area contributed by atoms with Crippen LogP contribution in [-0.4, -0.2) is 29.4 Å². The summed E-state index contributed by atoms with van der Waals surface area (Å²) in [5.41, 5.74) is 0.863. The summed E-state index contributed by atoms with van der Waals surface area (Å²) in [6.07, 6.45) is 0. The Balaban J connectivity index is 1.65. The summed E-state index contributed by atoms with van der Waals surface area (Å²) in [6.45, 7) is 10.0. The van der Waals surface area contributed by atoms with Crippen molar-refractivity contribution in [1.29, 1.82) is 0 Å². The van der Waals surface area contributed by atoms with Crippen molar-refractivity contribution < 1.29 is 28.4 Å². The number of furan rings is 1. The van der Waals surface area contributed by atoms with Crippen LogP contribution in [0.15, 0.2) is 34.7 Å². The molecule has 1 saturated heterocycles. The van der Waals surface area contributed by atoms with Crippen molar-refractivity contribution in [1.82, 2.24) is 0 Å². The van der Waals surface area contributed by atoms with E-state index in [0.29, 0.717) is 17.1 Å². The molecule has 26 heavy (non-hydrogen) atoms. The monoisotopic (exact) mass is 358 g/mol. The minimum atomic E-state index is -1.09. The number of ether oxygens (including phenoxy) is 1. The third-order valence-corrected chi connectivity index (χ3v) is 5.03. The van der Waals surface area contributed by atoms with Crippen molar-refractivity contribution in [3.05, 3.63) is 47.4 Å². The van der Waals surface area contributed by atoms with Crippen LogP contribution in [-0.2, 0) is 15.9 Å². The van der Waals surface area contributed by atoms with E-state index in [0.717, 1.165) is 5.46 Å². The Morgan fingerprint density at radius 1 is 1.12 bits per heavy atom. The van der Waals surface area contributed by atoms with E-state index >= 15 is 0 Å². The molecule has 2 aromatic rings. The molecule has 1 aromatic carbocycles. The summed E-state index contributed by atoms with van der Waals surface area (Å²) in [5, 5.41) is 8.96. The number of carboxylic acids is 1. The molecule has 0 spiro atoms. The maximum Gasteiger partial charge on any atom is 0.494 e. The van der Waals surface area contributed by atoms with Crippen LogP contribution in [0.3, 0.4) is 0 Å². The lowest BCUT2D eigenvalue weighted by Crippen LogP contribution is -2.41. The Labute approximate surface area is 153 Å². The molecule has 138 valence electrons. The Bertz CT molecular complexity index is 790. The first-order valence-electron chi connectivity index (χ1n) is 8.50. The van der Waals surface area contributed by atoms with Gasteiger partial charge < -0.3 is 23.6 Å². The van der Waals surface area contributed by atoms with Gasteiger partial charge in [-0.25, -0.2) is 4.79 Å². The van der Waals surface area contributed by atoms with E-state index in [-0.39, 0.29) is 23.6 Å². The minimum Gasteiger partial charge on any atom is -0.489 e. The fourth-order valence-corrected chi connectivity index (χ4v) is 2.63. The topological polar surface area (TPSA) is 78.1 Å². The molecule has 1 fully saturated rings. The zero-order chi connectivity index (χ0) is 19.1. The molecule has 1 aliphatic rings. The average Bonchev–Trinajstić information content (AvgIpc) is 3.03. The maximum atomic E-state index is 10.9. The van der Waals surface area contributed by atoms with Crippen LogP contribution >= 0.6 is 0 Å². The van der Waals surface area contributed by atoms with Gasteiger partial charge in [-0.05, 0) is 58.3 Å². The molecule has 0 bridgehead atoms. The largest absolute Gasteiger partial charge is 0.494 e. The number of aryl methyl sites for hydroxylation is 1. The number of aromatic carboxylic acids is 1. The predicted octanol–water partition coefficient (Wildman–Crippen LogP) is 3.16. The molecule has 0 amide bonds. The molecule has 1 aliphatic heterocycles. The van der Waals surface area contributed by atoms with Gasteiger partial charge in [0.1, 0.15) is 18.1 Å². The molecular formula is C19H23BO6. The molecule has 7 heteroatoms. The van der Waals surface area contributed by atoms with Crippen LogP contribution in [0, 0.1) is 6.92 Å². The number of carboxylic acid groups (broad SMARTS) is 1. The molecule has 0 unspecified atom stereocenters. The standard InChI is InChI=1S/C19H23BO6/c1-12-13(10-16(24-12)17(21)22)11-23-15-8-6-14(7-9-15)20-25-18(2,3)19(4,5)26-20/h6-10H,11H2,1-5H3,(H,21,22). The van der Waals surface area contributed by atoms with Gasteiger partial charge in [0.15, 0.2) is 0 Å². The molecule has 3 rings (SSSR count). The molecule has 0 radical (unpaired) electrons. The second-order valence-corrected chi connectivity index (χ2v) is 7.44. The van der Waals surface area contributed by atoms with Gasteiger partial charge in [0.25, 0.3) is 0 Å². The Hall–Kier alpha value is -2.25. The summed E-state index contributed by atoms with van der Waals surface area (Å²) in [5.74, 6) is 0.0299. The molecule has 0 atom stereocenters. The minimum absolute atomic E-state index is 0.0859. The first-order chi connectivity index (χ1) is 12.1. The van der Waals surface area contributed by atoms with Crippen molar-refractivity contribution in [2.75, 3.05) is 0 Å². The lowest BCUT2D eigenvalue weighted by Gasteiger charge is -2.32. The highest BCUT2D eigenvalue weighted by Crippen LogP contribution is 2.36. The zero-order valence-corrected chi connectivity index (χ0v) is 15.7. The van der Waals surface area contributed by atoms with Crippen LogP contribution in [0.2, 0.25) is 0 Å². The molecule has 0 aliphatic carbocycles. The fourth-order valence-electron chi connectivity index (χ4n) is 2.63. The van der Waals surface area contributed by atoms with Crippen LogP contribution in [0.25, 0.3) is 0 Å². The Morgan fingerprint density at radius 2 is 1.69 bits per heavy atom. The quantitative estimate of drug-likeness (QED) is 0.828. The highest BCUT2D eigenvalue weighted by atomic mass is 16.7. The Morgan fingerprint density at radius 3 is 2.19 bits per heavy atom. The third kappa shape index (κ3) is 3.50. The molecule has 2 heterocycles. The van der Waals surface area contributed by atoms with Crippen molar-refractivity contribution in [2.45, 2.75) is 52.4 Å². The van der Waals surface area contributed by atoms with Crippen molar-refractivity contribution in [2.24, 2.45) is 0 Å². The van der Waals surface area contributed by atoms with Gasteiger partial charge in [0.05, 0.1) is 11.2 Å². The second-order valence-electron chi connectivity index (χ2n) is 7.44. The molecule has 1 N–H and O–H groups in total. The van der Waals surface area contributed by atoms with Crippen LogP contribution < -0.4 is 10.2 Å². The second kappa shape index (κ2) is 6.48. The lowest BCUT2D eigenvalue weighted by molar-refractivity contribution is 0.00578. The van der Waals surface area contributed by atoms with Crippen molar-refractivity contribution in [3.8, 4) is 5.75 Å². The van der Waals surface area contributed by atoms with E-state index in [1.165, 1.54) is 6.07 Å². The SMILES string of the molecule is Cc1oc(C(=O)O)cc1COc1ccc(B2OC(C)(C)C(C)(C)O2)cc1. The molecular weight excluding hydrogens is 335 g/mol. The normalized spacial score (nSPS) is 18.1. The van der Waals surface area contributed by atoms with Gasteiger partial charge in [0.2, 0.25) is 5.76 Å². The van der Waals surface area contributed by atoms with E-state index in [2.05, 4.69) is 0 Å². The first kappa shape index (κ1) is 18.5. The van der Waals surface area contributed by atoms with E-state index in [1.807, 2.05) is 52.0 Å². The number of hydrogen-bond acceptors (Lipinski definition) is 5. The van der Waals surface area contributed by atoms with Gasteiger partial charge in [0, 0.05) is 5.56 Å². The first-order valence-corrected chi connectivity index (χ1v) is 8.50. The van der Waals surface area contributed by atoms with Crippen molar-refractivity contribution in [3.63, 3.8) is 0 Å². The number of rotatable bonds is 5. The Kier molecular flexibility index (Phi) is 4.62. The maximum absolute atomic E-state index is 10.9. The summed E-state index contributed by atoms with van der Waals surface area (Å²) in [6, 6.07) is 8.98. The van der Waals surface area contributed by atoms with Crippen LogP contribution in [0.5, 0.6) is 5.75 Å². The van der Waals surface area contributed by atoms with E-state index < -0.39 is 13.1 Å². The highest BCUT2D eigenvalue weighted by molar-refractivity contribution is 6.62. The number of carbonyl (C=O) groups is 1. The highest BCUT2D eigenvalue weighted by Gasteiger charge is 2.51. The van der Waals surface area contributed by atoms with Gasteiger partial charge in [-0.15, -0.1) is 0 Å². The van der Waals surface area contributed by atoms with E-state index in [1.54, 1.807) is 6.92 Å². The molecule has 6 nitrogen and oxygen atoms in total. The summed E-state index contributed by atoms with van der Waals surface area (Å²) in [4.78, 5) is 10.9. The molecule has 0 saturated carbocycles. The van der Waals surface area contributed by atoms with Gasteiger partial charge in [-0.1, -0.05) is 12.1 Å². The summed E-state index contributed by atoms with van der Waals surface area (Å²) in [7, 11) is -0.414. The summed E-state index contributed by atoms with van der Waals surface area (Å²) < 4.78 is 23.0. The third-order valence-electron chi connectivity index (χ3n) is 5.03. The van der Waals surface area contributed by atoms with Crippen LogP contribution in [0.1, 0.15) is 49.6 Å². The zero-order valence-electron chi connectivity index (χ0n) is 15.7. The fraction of sp³-hybridized carbons (Fsp3) is 0.421. The van der Waals surface area contributed by atoms with E-state index in [4.69, 9.17) is 23.6 Å². The number of hydrogen-bond donors (Lipinski definition) is 1. The number of benzene rings is 1. The smallest absolute Gasteiger partial charge is 0.489 e. The average molecular weight is 358 g/mol. The van der Waals surface area contributed by atoms with Crippen LogP contribution in [0.4, 0.5) is 0 Å².